The van der Waals surface area contributed by atoms with Crippen LogP contribution in [0, 0.1) is 11.7 Å². The molecule has 1 saturated heterocycles. The van der Waals surface area contributed by atoms with Crippen LogP contribution >= 0.6 is 0 Å². The van der Waals surface area contributed by atoms with Crippen LogP contribution in [-0.4, -0.2) is 34.0 Å². The number of pyridine rings is 1. The monoisotopic (exact) mass is 381 g/mol. The zero-order valence-electron chi connectivity index (χ0n) is 15.2. The molecule has 7 heteroatoms. The van der Waals surface area contributed by atoms with E-state index >= 15 is 0 Å². The minimum atomic E-state index is -0.224. The molecule has 1 amide bonds. The number of H-pyrrole nitrogens is 1. The number of piperidine rings is 1. The highest BCUT2D eigenvalue weighted by molar-refractivity contribution is 5.93. The van der Waals surface area contributed by atoms with Crippen molar-refractivity contribution in [1.82, 2.24) is 15.0 Å². The van der Waals surface area contributed by atoms with Crippen molar-refractivity contribution in [2.45, 2.75) is 19.3 Å². The molecule has 0 radical (unpaired) electrons. The van der Waals surface area contributed by atoms with Gasteiger partial charge in [-0.25, -0.2) is 4.39 Å². The van der Waals surface area contributed by atoms with E-state index < -0.39 is 0 Å². The van der Waals surface area contributed by atoms with Crippen molar-refractivity contribution in [2.75, 3.05) is 13.1 Å². The number of carbonyl (C=O) groups excluding carboxylic acids is 1. The standard InChI is InChI=1S/C21H20FN3O3/c22-17-4-1-14(2-5-17)11-15-7-9-25(10-8-15)21(27)18-12-19(28-24-18)16-3-6-20(26)23-13-16/h1-6,12-13,15H,7-11H2,(H,23,26). The van der Waals surface area contributed by atoms with Crippen molar-refractivity contribution in [1.29, 1.82) is 0 Å². The molecule has 4 rings (SSSR count). The van der Waals surface area contributed by atoms with Gasteiger partial charge in [0.25, 0.3) is 5.91 Å². The summed E-state index contributed by atoms with van der Waals surface area (Å²) in [5, 5.41) is 3.89. The third kappa shape index (κ3) is 4.03. The van der Waals surface area contributed by atoms with Crippen LogP contribution in [0.15, 0.2) is 58.0 Å². The van der Waals surface area contributed by atoms with E-state index in [-0.39, 0.29) is 23.0 Å². The van der Waals surface area contributed by atoms with Gasteiger partial charge in [-0.05, 0) is 48.9 Å². The minimum Gasteiger partial charge on any atom is -0.355 e. The fourth-order valence-electron chi connectivity index (χ4n) is 3.53. The van der Waals surface area contributed by atoms with Crippen molar-refractivity contribution >= 4 is 5.91 Å². The predicted octanol–water partition coefficient (Wildman–Crippen LogP) is 3.26. The number of nitrogens with zero attached hydrogens (tertiary/aromatic N) is 2. The first kappa shape index (κ1) is 18.2. The lowest BCUT2D eigenvalue weighted by Gasteiger charge is -2.31. The molecule has 1 aromatic carbocycles. The molecular formula is C21H20FN3O3. The number of amides is 1. The average Bonchev–Trinajstić information content (AvgIpc) is 3.20. The lowest BCUT2D eigenvalue weighted by atomic mass is 9.90. The molecule has 1 aliphatic heterocycles. The van der Waals surface area contributed by atoms with E-state index in [4.69, 9.17) is 4.52 Å². The zero-order chi connectivity index (χ0) is 19.5. The predicted molar refractivity (Wildman–Crippen MR) is 101 cm³/mol. The summed E-state index contributed by atoms with van der Waals surface area (Å²) in [6, 6.07) is 11.2. The van der Waals surface area contributed by atoms with Gasteiger partial charge in [0.15, 0.2) is 11.5 Å². The van der Waals surface area contributed by atoms with Gasteiger partial charge in [0.05, 0.1) is 0 Å². The van der Waals surface area contributed by atoms with Crippen molar-refractivity contribution in [2.24, 2.45) is 5.92 Å². The molecule has 0 spiro atoms. The number of aromatic amines is 1. The lowest BCUT2D eigenvalue weighted by Crippen LogP contribution is -2.39. The van der Waals surface area contributed by atoms with Crippen LogP contribution in [0.25, 0.3) is 11.3 Å². The molecule has 1 N–H and O–H groups in total. The first-order valence-electron chi connectivity index (χ1n) is 9.28. The van der Waals surface area contributed by atoms with Gasteiger partial charge in [-0.15, -0.1) is 0 Å². The van der Waals surface area contributed by atoms with Crippen LogP contribution in [0.3, 0.4) is 0 Å². The van der Waals surface area contributed by atoms with Gasteiger partial charge < -0.3 is 14.4 Å². The van der Waals surface area contributed by atoms with Crippen molar-refractivity contribution in [3.8, 4) is 11.3 Å². The van der Waals surface area contributed by atoms with Gasteiger partial charge in [-0.2, -0.15) is 0 Å². The van der Waals surface area contributed by atoms with Crippen LogP contribution in [0.2, 0.25) is 0 Å². The summed E-state index contributed by atoms with van der Waals surface area (Å²) in [7, 11) is 0. The Morgan fingerprint density at radius 2 is 1.93 bits per heavy atom. The van der Waals surface area contributed by atoms with Gasteiger partial charge in [0.1, 0.15) is 5.82 Å². The Bertz CT molecular complexity index is 997. The molecule has 1 aliphatic rings. The molecular weight excluding hydrogens is 361 g/mol. The Morgan fingerprint density at radius 3 is 2.61 bits per heavy atom. The van der Waals surface area contributed by atoms with E-state index in [9.17, 15) is 14.0 Å². The Kier molecular flexibility index (Phi) is 5.06. The molecule has 0 aliphatic carbocycles. The van der Waals surface area contributed by atoms with Gasteiger partial charge in [-0.3, -0.25) is 9.59 Å². The van der Waals surface area contributed by atoms with E-state index in [0.717, 1.165) is 24.8 Å². The molecule has 1 fully saturated rings. The highest BCUT2D eigenvalue weighted by Gasteiger charge is 2.26. The number of rotatable bonds is 4. The molecule has 6 nitrogen and oxygen atoms in total. The maximum atomic E-state index is 13.0. The Balaban J connectivity index is 1.35. The van der Waals surface area contributed by atoms with Crippen molar-refractivity contribution in [3.63, 3.8) is 0 Å². The molecule has 0 saturated carbocycles. The van der Waals surface area contributed by atoms with Crippen molar-refractivity contribution < 1.29 is 13.7 Å². The number of hydrogen-bond acceptors (Lipinski definition) is 4. The van der Waals surface area contributed by atoms with Crippen LogP contribution in [0.5, 0.6) is 0 Å². The number of benzene rings is 1. The van der Waals surface area contributed by atoms with Crippen LogP contribution < -0.4 is 5.56 Å². The summed E-state index contributed by atoms with van der Waals surface area (Å²) in [5.41, 5.74) is 1.83. The number of aromatic nitrogens is 2. The molecule has 0 atom stereocenters. The second-order valence-electron chi connectivity index (χ2n) is 7.08. The maximum absolute atomic E-state index is 13.0. The summed E-state index contributed by atoms with van der Waals surface area (Å²) in [5.74, 6) is 0.534. The van der Waals surface area contributed by atoms with Gasteiger partial charge in [0, 0.05) is 37.0 Å². The van der Waals surface area contributed by atoms with Crippen molar-refractivity contribution in [3.05, 3.63) is 76.1 Å². The minimum absolute atomic E-state index is 0.153. The topological polar surface area (TPSA) is 79.2 Å². The quantitative estimate of drug-likeness (QED) is 0.752. The Labute approximate surface area is 161 Å². The highest BCUT2D eigenvalue weighted by atomic mass is 19.1. The van der Waals surface area contributed by atoms with E-state index in [1.165, 1.54) is 24.4 Å². The number of halogens is 1. The zero-order valence-corrected chi connectivity index (χ0v) is 15.2. The number of hydrogen-bond donors (Lipinski definition) is 1. The molecule has 144 valence electrons. The van der Waals surface area contributed by atoms with Crippen LogP contribution in [-0.2, 0) is 6.42 Å². The molecule has 2 aromatic heterocycles. The first-order valence-corrected chi connectivity index (χ1v) is 9.28. The normalized spacial score (nSPS) is 15.0. The molecule has 0 bridgehead atoms. The molecule has 3 heterocycles. The molecule has 3 aromatic rings. The fraction of sp³-hybridized carbons (Fsp3) is 0.286. The number of carbonyl (C=O) groups is 1. The van der Waals surface area contributed by atoms with E-state index in [0.29, 0.717) is 30.3 Å². The highest BCUT2D eigenvalue weighted by Crippen LogP contribution is 2.24. The smallest absolute Gasteiger partial charge is 0.276 e. The van der Waals surface area contributed by atoms with Gasteiger partial charge in [-0.1, -0.05) is 17.3 Å². The summed E-state index contributed by atoms with van der Waals surface area (Å²) >= 11 is 0. The average molecular weight is 381 g/mol. The third-order valence-corrected chi connectivity index (χ3v) is 5.14. The lowest BCUT2D eigenvalue weighted by molar-refractivity contribution is 0.0680. The largest absolute Gasteiger partial charge is 0.355 e. The summed E-state index contributed by atoms with van der Waals surface area (Å²) in [6.45, 7) is 1.32. The number of nitrogens with one attached hydrogen (secondary N) is 1. The molecule has 28 heavy (non-hydrogen) atoms. The van der Waals surface area contributed by atoms with Crippen LogP contribution in [0.4, 0.5) is 4.39 Å². The summed E-state index contributed by atoms with van der Waals surface area (Å²) < 4.78 is 18.3. The Morgan fingerprint density at radius 1 is 1.18 bits per heavy atom. The second kappa shape index (κ2) is 7.80. The third-order valence-electron chi connectivity index (χ3n) is 5.14. The van der Waals surface area contributed by atoms with E-state index in [2.05, 4.69) is 10.1 Å². The Hall–Kier alpha value is -3.22. The fourth-order valence-corrected chi connectivity index (χ4v) is 3.53. The van der Waals surface area contributed by atoms with Gasteiger partial charge in [0.2, 0.25) is 5.56 Å². The maximum Gasteiger partial charge on any atom is 0.276 e. The van der Waals surface area contributed by atoms with E-state index in [1.807, 2.05) is 12.1 Å². The second-order valence-corrected chi connectivity index (χ2v) is 7.08. The number of likely N-dealkylation sites (tertiary alicyclic amines) is 1. The van der Waals surface area contributed by atoms with E-state index in [1.54, 1.807) is 17.0 Å². The van der Waals surface area contributed by atoms with Crippen LogP contribution in [0.1, 0.15) is 28.9 Å². The summed E-state index contributed by atoms with van der Waals surface area (Å²) in [6.07, 6.45) is 4.21. The summed E-state index contributed by atoms with van der Waals surface area (Å²) in [4.78, 5) is 28.2. The first-order chi connectivity index (χ1) is 13.6. The SMILES string of the molecule is O=C(c1cc(-c2ccc(=O)[nH]c2)on1)N1CCC(Cc2ccc(F)cc2)CC1. The molecule has 0 unspecified atom stereocenters. The van der Waals surface area contributed by atoms with Gasteiger partial charge >= 0.3 is 0 Å².